The average Bonchev–Trinajstić information content (AvgIpc) is 3.30. The maximum Gasteiger partial charge on any atom is 0.418 e. The monoisotopic (exact) mass is 589 g/mol. The molecule has 1 amide bonds. The van der Waals surface area contributed by atoms with Gasteiger partial charge in [-0.3, -0.25) is 9.69 Å². The Hall–Kier alpha value is -3.07. The fraction of sp³-hybridized carbons (Fsp3) is 0.179. The third-order valence-electron chi connectivity index (χ3n) is 5.91. The number of carbonyl (C=O) groups excluding carboxylic acids is 1. The molecule has 1 N–H and O–H groups in total. The summed E-state index contributed by atoms with van der Waals surface area (Å²) in [6, 6.07) is 25.3. The first-order chi connectivity index (χ1) is 17.6. The van der Waals surface area contributed by atoms with E-state index in [0.717, 1.165) is 16.1 Å². The lowest BCUT2D eigenvalue weighted by Crippen LogP contribution is -2.38. The van der Waals surface area contributed by atoms with Gasteiger partial charge in [0.1, 0.15) is 5.50 Å². The number of hydrogen-bond acceptors (Lipinski definition) is 2. The second-order valence-electron chi connectivity index (χ2n) is 8.49. The van der Waals surface area contributed by atoms with Crippen molar-refractivity contribution in [2.75, 3.05) is 13.6 Å². The summed E-state index contributed by atoms with van der Waals surface area (Å²) in [7, 11) is 1.76. The number of para-hydroxylation sites is 1. The van der Waals surface area contributed by atoms with Gasteiger partial charge in [0.05, 0.1) is 16.9 Å². The predicted octanol–water partition coefficient (Wildman–Crippen LogP) is 7.35. The van der Waals surface area contributed by atoms with Crippen LogP contribution in [0.4, 0.5) is 13.2 Å². The van der Waals surface area contributed by atoms with Crippen molar-refractivity contribution in [1.29, 1.82) is 0 Å². The highest BCUT2D eigenvalue weighted by atomic mass is 79.9. The SMILES string of the molecule is CN(Cc1ccc(-c2ccc(Br)cc2)n1-c1ccccc1C(F)(F)F)C(Cl)CNC(=O)c1ccccc1. The molecule has 1 heterocycles. The minimum atomic E-state index is -4.53. The molecule has 0 saturated heterocycles. The number of rotatable bonds is 8. The van der Waals surface area contributed by atoms with Crippen LogP contribution >= 0.6 is 27.5 Å². The maximum atomic E-state index is 14.0. The molecule has 0 spiro atoms. The van der Waals surface area contributed by atoms with Gasteiger partial charge in [0.2, 0.25) is 0 Å². The van der Waals surface area contributed by atoms with Gasteiger partial charge < -0.3 is 9.88 Å². The van der Waals surface area contributed by atoms with E-state index in [0.29, 0.717) is 17.0 Å². The van der Waals surface area contributed by atoms with Gasteiger partial charge in [-0.2, -0.15) is 13.2 Å². The first kappa shape index (κ1) is 27.0. The van der Waals surface area contributed by atoms with Crippen LogP contribution in [-0.4, -0.2) is 34.5 Å². The molecule has 4 nitrogen and oxygen atoms in total. The molecular weight excluding hydrogens is 567 g/mol. The molecule has 0 aliphatic heterocycles. The van der Waals surface area contributed by atoms with Crippen molar-refractivity contribution in [3.8, 4) is 16.9 Å². The Morgan fingerprint density at radius 2 is 1.62 bits per heavy atom. The number of nitrogens with zero attached hydrogens (tertiary/aromatic N) is 2. The van der Waals surface area contributed by atoms with Gasteiger partial charge in [0.15, 0.2) is 0 Å². The minimum Gasteiger partial charge on any atom is -0.349 e. The zero-order chi connectivity index (χ0) is 26.6. The third-order valence-corrected chi connectivity index (χ3v) is 6.92. The molecule has 0 aliphatic rings. The fourth-order valence-electron chi connectivity index (χ4n) is 4.02. The van der Waals surface area contributed by atoms with Crippen molar-refractivity contribution in [1.82, 2.24) is 14.8 Å². The van der Waals surface area contributed by atoms with E-state index in [9.17, 15) is 18.0 Å². The van der Waals surface area contributed by atoms with Crippen LogP contribution in [0.2, 0.25) is 0 Å². The van der Waals surface area contributed by atoms with E-state index in [4.69, 9.17) is 11.6 Å². The first-order valence-corrected chi connectivity index (χ1v) is 12.7. The van der Waals surface area contributed by atoms with Gasteiger partial charge in [-0.25, -0.2) is 0 Å². The molecule has 0 saturated carbocycles. The number of benzene rings is 3. The van der Waals surface area contributed by atoms with Crippen LogP contribution in [0.15, 0.2) is 95.5 Å². The number of hydrogen-bond donors (Lipinski definition) is 1. The lowest BCUT2D eigenvalue weighted by Gasteiger charge is -2.25. The van der Waals surface area contributed by atoms with Gasteiger partial charge in [-0.05, 0) is 61.1 Å². The summed E-state index contributed by atoms with van der Waals surface area (Å²) in [5.41, 5.74) is 1.24. The number of halogens is 5. The van der Waals surface area contributed by atoms with Crippen LogP contribution in [-0.2, 0) is 12.7 Å². The van der Waals surface area contributed by atoms with Gasteiger partial charge in [0, 0.05) is 28.8 Å². The van der Waals surface area contributed by atoms with E-state index in [2.05, 4.69) is 21.2 Å². The summed E-state index contributed by atoms with van der Waals surface area (Å²) in [5, 5.41) is 2.80. The molecular formula is C28H24BrClF3N3O. The van der Waals surface area contributed by atoms with Crippen molar-refractivity contribution in [2.45, 2.75) is 18.2 Å². The molecule has 1 atom stereocenters. The number of carbonyl (C=O) groups is 1. The van der Waals surface area contributed by atoms with E-state index >= 15 is 0 Å². The Morgan fingerprint density at radius 3 is 2.30 bits per heavy atom. The smallest absolute Gasteiger partial charge is 0.349 e. The zero-order valence-corrected chi connectivity index (χ0v) is 22.2. The van der Waals surface area contributed by atoms with Gasteiger partial charge in [-0.15, -0.1) is 11.6 Å². The quantitative estimate of drug-likeness (QED) is 0.172. The molecule has 3 aromatic carbocycles. The maximum absolute atomic E-state index is 14.0. The third kappa shape index (κ3) is 6.44. The number of alkyl halides is 4. The van der Waals surface area contributed by atoms with Crippen LogP contribution in [0.1, 0.15) is 21.6 Å². The minimum absolute atomic E-state index is 0.0322. The Labute approximate surface area is 226 Å². The number of aromatic nitrogens is 1. The summed E-state index contributed by atoms with van der Waals surface area (Å²) >= 11 is 9.98. The highest BCUT2D eigenvalue weighted by Gasteiger charge is 2.34. The van der Waals surface area contributed by atoms with Crippen molar-refractivity contribution < 1.29 is 18.0 Å². The summed E-state index contributed by atoms with van der Waals surface area (Å²) in [4.78, 5) is 14.2. The Bertz CT molecular complexity index is 1360. The first-order valence-electron chi connectivity index (χ1n) is 11.5. The molecule has 192 valence electrons. The van der Waals surface area contributed by atoms with Crippen LogP contribution in [0.5, 0.6) is 0 Å². The molecule has 1 aromatic heterocycles. The van der Waals surface area contributed by atoms with Crippen LogP contribution in [0, 0.1) is 0 Å². The van der Waals surface area contributed by atoms with Crippen LogP contribution in [0.3, 0.4) is 0 Å². The normalized spacial score (nSPS) is 12.5. The number of amides is 1. The Morgan fingerprint density at radius 1 is 0.973 bits per heavy atom. The van der Waals surface area contributed by atoms with Crippen molar-refractivity contribution in [3.05, 3.63) is 112 Å². The van der Waals surface area contributed by atoms with Crippen molar-refractivity contribution in [3.63, 3.8) is 0 Å². The average molecular weight is 591 g/mol. The topological polar surface area (TPSA) is 37.3 Å². The fourth-order valence-corrected chi connectivity index (χ4v) is 4.43. The summed E-state index contributed by atoms with van der Waals surface area (Å²) in [6.45, 7) is 0.406. The van der Waals surface area contributed by atoms with Gasteiger partial charge in [-0.1, -0.05) is 58.4 Å². The highest BCUT2D eigenvalue weighted by molar-refractivity contribution is 9.10. The standard InChI is InChI=1S/C28H24BrClF3N3O/c1-35(26(30)17-34-27(37)20-7-3-2-4-8-20)18-22-15-16-24(19-11-13-21(29)14-12-19)36(22)25-10-6-5-9-23(25)28(31,32)33/h2-16,26H,17-18H2,1H3,(H,34,37). The molecule has 0 aliphatic carbocycles. The lowest BCUT2D eigenvalue weighted by molar-refractivity contribution is -0.137. The van der Waals surface area contributed by atoms with E-state index < -0.39 is 17.2 Å². The summed E-state index contributed by atoms with van der Waals surface area (Å²) in [5.74, 6) is -0.250. The molecule has 4 rings (SSSR count). The molecule has 0 radical (unpaired) electrons. The molecule has 1 unspecified atom stereocenters. The zero-order valence-electron chi connectivity index (χ0n) is 19.8. The van der Waals surface area contributed by atoms with Gasteiger partial charge in [0.25, 0.3) is 5.91 Å². The lowest BCUT2D eigenvalue weighted by atomic mass is 10.1. The number of nitrogens with one attached hydrogen (secondary N) is 1. The Kier molecular flexibility index (Phi) is 8.42. The van der Waals surface area contributed by atoms with Crippen molar-refractivity contribution in [2.24, 2.45) is 0 Å². The molecule has 4 aromatic rings. The van der Waals surface area contributed by atoms with Crippen molar-refractivity contribution >= 4 is 33.4 Å². The molecule has 37 heavy (non-hydrogen) atoms. The van der Waals surface area contributed by atoms with Crippen LogP contribution < -0.4 is 5.32 Å². The highest BCUT2D eigenvalue weighted by Crippen LogP contribution is 2.37. The van der Waals surface area contributed by atoms with Gasteiger partial charge >= 0.3 is 6.18 Å². The van der Waals surface area contributed by atoms with Crippen LogP contribution in [0.25, 0.3) is 16.9 Å². The van der Waals surface area contributed by atoms with E-state index in [-0.39, 0.29) is 24.7 Å². The molecule has 0 bridgehead atoms. The summed E-state index contributed by atoms with van der Waals surface area (Å²) in [6.07, 6.45) is -4.53. The summed E-state index contributed by atoms with van der Waals surface area (Å²) < 4.78 is 44.4. The number of likely N-dealkylation sites (N-methyl/N-ethyl adjacent to an activating group) is 1. The van der Waals surface area contributed by atoms with E-state index in [1.807, 2.05) is 30.3 Å². The predicted molar refractivity (Wildman–Crippen MR) is 144 cm³/mol. The van der Waals surface area contributed by atoms with E-state index in [1.165, 1.54) is 12.1 Å². The van der Waals surface area contributed by atoms with E-state index in [1.54, 1.807) is 59.0 Å². The largest absolute Gasteiger partial charge is 0.418 e. The second kappa shape index (κ2) is 11.5. The molecule has 0 fully saturated rings. The Balaban J connectivity index is 1.63. The molecule has 9 heteroatoms. The second-order valence-corrected chi connectivity index (χ2v) is 9.91.